The molecule has 2 aromatic rings. The van der Waals surface area contributed by atoms with Crippen LogP contribution < -0.4 is 10.0 Å². The van der Waals surface area contributed by atoms with Crippen LogP contribution >= 0.6 is 11.3 Å². The van der Waals surface area contributed by atoms with Gasteiger partial charge in [0.2, 0.25) is 0 Å². The van der Waals surface area contributed by atoms with Crippen molar-refractivity contribution >= 4 is 38.0 Å². The van der Waals surface area contributed by atoms with Gasteiger partial charge in [-0.1, -0.05) is 11.3 Å². The minimum atomic E-state index is -4.01. The van der Waals surface area contributed by atoms with E-state index in [2.05, 4.69) is 25.2 Å². The number of rotatable bonds is 6. The standard InChI is InChI=1S/C9H10N6O4S2/c1-2-10-8-6(15(16)17)5-7(20-8)21(18,19)14-9-11-3-4-12-13-9/h3-5,10H,2H2,1H3,(H,11,13,14). The van der Waals surface area contributed by atoms with Gasteiger partial charge in [-0.05, 0) is 6.92 Å². The zero-order valence-electron chi connectivity index (χ0n) is 10.7. The van der Waals surface area contributed by atoms with Crippen molar-refractivity contribution < 1.29 is 13.3 Å². The van der Waals surface area contributed by atoms with Gasteiger partial charge in [-0.2, -0.15) is 5.10 Å². The highest BCUT2D eigenvalue weighted by atomic mass is 32.2. The highest BCUT2D eigenvalue weighted by Gasteiger charge is 2.26. The number of aromatic nitrogens is 3. The molecule has 0 radical (unpaired) electrons. The molecule has 0 unspecified atom stereocenters. The van der Waals surface area contributed by atoms with Crippen LogP contribution in [0.2, 0.25) is 0 Å². The maximum Gasteiger partial charge on any atom is 0.304 e. The maximum atomic E-state index is 12.1. The first kappa shape index (κ1) is 15.1. The van der Waals surface area contributed by atoms with Gasteiger partial charge >= 0.3 is 5.69 Å². The topological polar surface area (TPSA) is 140 Å². The lowest BCUT2D eigenvalue weighted by atomic mass is 10.5. The van der Waals surface area contributed by atoms with Crippen molar-refractivity contribution in [2.75, 3.05) is 16.6 Å². The number of hydrogen-bond donors (Lipinski definition) is 2. The Bertz CT molecular complexity index is 745. The highest BCUT2D eigenvalue weighted by molar-refractivity contribution is 7.94. The predicted octanol–water partition coefficient (Wildman–Crippen LogP) is 1.07. The second kappa shape index (κ2) is 5.97. The second-order valence-corrected chi connectivity index (χ2v) is 6.60. The van der Waals surface area contributed by atoms with Crippen LogP contribution in [0.5, 0.6) is 0 Å². The molecule has 0 amide bonds. The Kier molecular flexibility index (Phi) is 4.28. The van der Waals surface area contributed by atoms with Crippen LogP contribution in [0.3, 0.4) is 0 Å². The second-order valence-electron chi connectivity index (χ2n) is 3.64. The van der Waals surface area contributed by atoms with Crippen molar-refractivity contribution in [2.24, 2.45) is 0 Å². The van der Waals surface area contributed by atoms with Crippen molar-refractivity contribution in [2.45, 2.75) is 11.1 Å². The molecule has 112 valence electrons. The molecule has 0 aliphatic heterocycles. The van der Waals surface area contributed by atoms with Gasteiger partial charge in [0.05, 0.1) is 17.3 Å². The molecule has 0 fully saturated rings. The molecule has 0 saturated heterocycles. The summed E-state index contributed by atoms with van der Waals surface area (Å²) >= 11 is 0.759. The van der Waals surface area contributed by atoms with E-state index in [0.717, 1.165) is 17.4 Å². The summed E-state index contributed by atoms with van der Waals surface area (Å²) in [5.74, 6) is -0.210. The van der Waals surface area contributed by atoms with E-state index in [-0.39, 0.29) is 20.8 Å². The summed E-state index contributed by atoms with van der Waals surface area (Å²) in [6.07, 6.45) is 2.56. The third kappa shape index (κ3) is 3.41. The first-order valence-electron chi connectivity index (χ1n) is 5.62. The summed E-state index contributed by atoms with van der Waals surface area (Å²) in [5, 5.41) is 20.8. The molecule has 0 bridgehead atoms. The molecule has 2 aromatic heterocycles. The highest BCUT2D eigenvalue weighted by Crippen LogP contribution is 2.37. The fourth-order valence-electron chi connectivity index (χ4n) is 1.38. The van der Waals surface area contributed by atoms with E-state index in [1.807, 2.05) is 0 Å². The lowest BCUT2D eigenvalue weighted by Crippen LogP contribution is -2.14. The van der Waals surface area contributed by atoms with Gasteiger partial charge in [-0.3, -0.25) is 10.1 Å². The van der Waals surface area contributed by atoms with Gasteiger partial charge in [0.15, 0.2) is 5.00 Å². The average Bonchev–Trinajstić information content (AvgIpc) is 2.85. The zero-order chi connectivity index (χ0) is 15.5. The number of nitro groups is 1. The molecule has 21 heavy (non-hydrogen) atoms. The molecule has 0 aromatic carbocycles. The molecule has 2 heterocycles. The summed E-state index contributed by atoms with van der Waals surface area (Å²) in [6, 6.07) is 0.987. The van der Waals surface area contributed by atoms with Crippen molar-refractivity contribution in [3.05, 3.63) is 28.6 Å². The van der Waals surface area contributed by atoms with Gasteiger partial charge in [0.25, 0.3) is 16.0 Å². The predicted molar refractivity (Wildman–Crippen MR) is 75.8 cm³/mol. The van der Waals surface area contributed by atoms with E-state index < -0.39 is 14.9 Å². The van der Waals surface area contributed by atoms with E-state index >= 15 is 0 Å². The average molecular weight is 330 g/mol. The summed E-state index contributed by atoms with van der Waals surface area (Å²) in [5.41, 5.74) is -0.297. The monoisotopic (exact) mass is 330 g/mol. The number of anilines is 2. The van der Waals surface area contributed by atoms with E-state index in [9.17, 15) is 18.5 Å². The van der Waals surface area contributed by atoms with Crippen LogP contribution in [0.25, 0.3) is 0 Å². The fraction of sp³-hybridized carbons (Fsp3) is 0.222. The molecule has 0 aliphatic carbocycles. The van der Waals surface area contributed by atoms with Gasteiger partial charge in [-0.25, -0.2) is 18.1 Å². The van der Waals surface area contributed by atoms with Gasteiger partial charge in [0, 0.05) is 12.6 Å². The smallest absolute Gasteiger partial charge is 0.304 e. The third-order valence-electron chi connectivity index (χ3n) is 2.20. The third-order valence-corrected chi connectivity index (χ3v) is 5.08. The lowest BCUT2D eigenvalue weighted by Gasteiger charge is -2.02. The molecule has 0 saturated carbocycles. The minimum Gasteiger partial charge on any atom is -0.372 e. The first-order chi connectivity index (χ1) is 9.94. The Labute approximate surface area is 123 Å². The van der Waals surface area contributed by atoms with Crippen LogP contribution in [0.1, 0.15) is 6.92 Å². The molecule has 2 rings (SSSR count). The van der Waals surface area contributed by atoms with Crippen LogP contribution in [0.15, 0.2) is 22.7 Å². The Hall–Kier alpha value is -2.34. The molecule has 10 nitrogen and oxygen atoms in total. The van der Waals surface area contributed by atoms with Crippen LogP contribution in [-0.4, -0.2) is 35.1 Å². The summed E-state index contributed by atoms with van der Waals surface area (Å²) in [6.45, 7) is 2.18. The molecule has 0 spiro atoms. The first-order valence-corrected chi connectivity index (χ1v) is 7.92. The van der Waals surface area contributed by atoms with E-state index in [1.54, 1.807) is 6.92 Å². The largest absolute Gasteiger partial charge is 0.372 e. The van der Waals surface area contributed by atoms with Gasteiger partial charge in [0.1, 0.15) is 4.21 Å². The van der Waals surface area contributed by atoms with Crippen LogP contribution in [0.4, 0.5) is 16.6 Å². The Morgan fingerprint density at radius 1 is 1.43 bits per heavy atom. The minimum absolute atomic E-state index is 0.176. The van der Waals surface area contributed by atoms with Crippen molar-refractivity contribution in [1.82, 2.24) is 15.2 Å². The van der Waals surface area contributed by atoms with Crippen molar-refractivity contribution in [1.29, 1.82) is 0 Å². The molecule has 12 heteroatoms. The number of nitrogens with zero attached hydrogens (tertiary/aromatic N) is 4. The lowest BCUT2D eigenvalue weighted by molar-refractivity contribution is -0.383. The maximum absolute atomic E-state index is 12.1. The summed E-state index contributed by atoms with van der Waals surface area (Å²) in [7, 11) is -4.01. The number of sulfonamides is 1. The SMILES string of the molecule is CCNc1sc(S(=O)(=O)Nc2nccnn2)cc1[N+](=O)[O-]. The summed E-state index contributed by atoms with van der Waals surface area (Å²) in [4.78, 5) is 14.0. The van der Waals surface area contributed by atoms with Crippen LogP contribution in [0, 0.1) is 10.1 Å². The number of thiophene rings is 1. The Morgan fingerprint density at radius 2 is 2.19 bits per heavy atom. The number of hydrogen-bond acceptors (Lipinski definition) is 9. The van der Waals surface area contributed by atoms with Gasteiger partial charge < -0.3 is 5.32 Å². The molecule has 0 atom stereocenters. The molecular formula is C9H10N6O4S2. The molecule has 2 N–H and O–H groups in total. The summed E-state index contributed by atoms with van der Waals surface area (Å²) < 4.78 is 26.2. The van der Waals surface area contributed by atoms with E-state index in [0.29, 0.717) is 6.54 Å². The Balaban J connectivity index is 2.36. The Morgan fingerprint density at radius 3 is 2.76 bits per heavy atom. The van der Waals surface area contributed by atoms with Crippen molar-refractivity contribution in [3.8, 4) is 0 Å². The quantitative estimate of drug-likeness (QED) is 0.592. The number of nitrogens with one attached hydrogen (secondary N) is 2. The van der Waals surface area contributed by atoms with E-state index in [4.69, 9.17) is 0 Å². The van der Waals surface area contributed by atoms with Crippen molar-refractivity contribution in [3.63, 3.8) is 0 Å². The zero-order valence-corrected chi connectivity index (χ0v) is 12.3. The fourth-order valence-corrected chi connectivity index (χ4v) is 3.72. The normalized spacial score (nSPS) is 11.1. The van der Waals surface area contributed by atoms with Gasteiger partial charge in [-0.15, -0.1) is 5.10 Å². The van der Waals surface area contributed by atoms with E-state index in [1.165, 1.54) is 12.4 Å². The molecular weight excluding hydrogens is 320 g/mol. The van der Waals surface area contributed by atoms with Crippen LogP contribution in [-0.2, 0) is 10.0 Å². The molecule has 0 aliphatic rings.